The van der Waals surface area contributed by atoms with E-state index in [9.17, 15) is 9.59 Å². The van der Waals surface area contributed by atoms with Gasteiger partial charge in [-0.05, 0) is 51.0 Å². The zero-order valence-corrected chi connectivity index (χ0v) is 17.8. The van der Waals surface area contributed by atoms with Gasteiger partial charge in [-0.25, -0.2) is 4.98 Å². The first-order valence-electron chi connectivity index (χ1n) is 9.87. The lowest BCUT2D eigenvalue weighted by molar-refractivity contribution is -0.116. The van der Waals surface area contributed by atoms with Crippen molar-refractivity contribution >= 4 is 29.0 Å². The van der Waals surface area contributed by atoms with Crippen molar-refractivity contribution in [1.29, 1.82) is 0 Å². The summed E-state index contributed by atoms with van der Waals surface area (Å²) in [5, 5.41) is 3.73. The van der Waals surface area contributed by atoms with Crippen molar-refractivity contribution in [2.24, 2.45) is 0 Å². The number of nitrogens with zero attached hydrogens (tertiary/aromatic N) is 3. The van der Waals surface area contributed by atoms with E-state index in [1.165, 1.54) is 0 Å². The summed E-state index contributed by atoms with van der Waals surface area (Å²) in [6.07, 6.45) is 1.00. The number of benzene rings is 1. The van der Waals surface area contributed by atoms with E-state index in [0.717, 1.165) is 47.3 Å². The van der Waals surface area contributed by atoms with Gasteiger partial charge in [-0.3, -0.25) is 14.2 Å². The van der Waals surface area contributed by atoms with Gasteiger partial charge in [0.2, 0.25) is 5.91 Å². The Hall–Kier alpha value is -2.28. The highest BCUT2D eigenvalue weighted by Gasteiger charge is 2.27. The molecule has 1 aromatic heterocycles. The van der Waals surface area contributed by atoms with Gasteiger partial charge < -0.3 is 10.2 Å². The van der Waals surface area contributed by atoms with Gasteiger partial charge in [-0.2, -0.15) is 0 Å². The molecule has 0 saturated carbocycles. The SMILES string of the molecule is CCc1cc(=O)n2c(n1)SCC2CC(=O)Nc1ccc(N(CC)CC)cc1C. The Kier molecular flexibility index (Phi) is 6.44. The Morgan fingerprint density at radius 1 is 1.29 bits per heavy atom. The van der Waals surface area contributed by atoms with E-state index in [4.69, 9.17) is 0 Å². The molecule has 1 atom stereocenters. The van der Waals surface area contributed by atoms with Gasteiger partial charge >= 0.3 is 0 Å². The lowest BCUT2D eigenvalue weighted by Gasteiger charge is -2.22. The minimum atomic E-state index is -0.152. The Bertz CT molecular complexity index is 921. The molecule has 0 bridgehead atoms. The lowest BCUT2D eigenvalue weighted by Crippen LogP contribution is -2.28. The van der Waals surface area contributed by atoms with Crippen LogP contribution in [0.4, 0.5) is 11.4 Å². The normalized spacial score (nSPS) is 15.4. The third-order valence-corrected chi connectivity index (χ3v) is 6.24. The minimum Gasteiger partial charge on any atom is -0.372 e. The number of carbonyl (C=O) groups is 1. The molecule has 2 aromatic rings. The summed E-state index contributed by atoms with van der Waals surface area (Å²) in [4.78, 5) is 31.8. The molecular weight excluding hydrogens is 372 g/mol. The van der Waals surface area contributed by atoms with E-state index in [0.29, 0.717) is 5.75 Å². The molecule has 2 heterocycles. The number of hydrogen-bond acceptors (Lipinski definition) is 5. The van der Waals surface area contributed by atoms with Gasteiger partial charge in [0.15, 0.2) is 5.16 Å². The second-order valence-corrected chi connectivity index (χ2v) is 7.97. The van der Waals surface area contributed by atoms with Gasteiger partial charge in [0, 0.05) is 48.4 Å². The fraction of sp³-hybridized carbons (Fsp3) is 0.476. The van der Waals surface area contributed by atoms with E-state index in [-0.39, 0.29) is 23.9 Å². The zero-order chi connectivity index (χ0) is 20.3. The van der Waals surface area contributed by atoms with Crippen molar-refractivity contribution in [3.63, 3.8) is 0 Å². The summed E-state index contributed by atoms with van der Waals surface area (Å²) < 4.78 is 1.67. The number of aromatic nitrogens is 2. The topological polar surface area (TPSA) is 67.2 Å². The largest absolute Gasteiger partial charge is 0.372 e. The number of carbonyl (C=O) groups excluding carboxylic acids is 1. The molecule has 28 heavy (non-hydrogen) atoms. The Labute approximate surface area is 170 Å². The summed E-state index contributed by atoms with van der Waals surface area (Å²) in [6.45, 7) is 10.1. The minimum absolute atomic E-state index is 0.0654. The summed E-state index contributed by atoms with van der Waals surface area (Å²) >= 11 is 1.55. The number of nitrogens with one attached hydrogen (secondary N) is 1. The first-order valence-corrected chi connectivity index (χ1v) is 10.9. The molecule has 6 nitrogen and oxygen atoms in total. The maximum absolute atomic E-state index is 12.6. The highest BCUT2D eigenvalue weighted by Crippen LogP contribution is 2.32. The van der Waals surface area contributed by atoms with Crippen molar-refractivity contribution in [3.05, 3.63) is 45.9 Å². The van der Waals surface area contributed by atoms with Crippen LogP contribution in [0.5, 0.6) is 0 Å². The number of rotatable bonds is 7. The van der Waals surface area contributed by atoms with Crippen molar-refractivity contribution in [3.8, 4) is 0 Å². The van der Waals surface area contributed by atoms with E-state index in [1.54, 1.807) is 22.4 Å². The van der Waals surface area contributed by atoms with Crippen LogP contribution in [0.15, 0.2) is 34.2 Å². The average molecular weight is 401 g/mol. The van der Waals surface area contributed by atoms with Crippen LogP contribution in [0.3, 0.4) is 0 Å². The molecule has 0 radical (unpaired) electrons. The smallest absolute Gasteiger partial charge is 0.254 e. The predicted molar refractivity (Wildman–Crippen MR) is 116 cm³/mol. The maximum atomic E-state index is 12.6. The number of thioether (sulfide) groups is 1. The van der Waals surface area contributed by atoms with Crippen LogP contribution in [0, 0.1) is 6.92 Å². The molecule has 3 rings (SSSR count). The highest BCUT2D eigenvalue weighted by atomic mass is 32.2. The molecule has 0 spiro atoms. The monoisotopic (exact) mass is 400 g/mol. The fourth-order valence-corrected chi connectivity index (χ4v) is 4.69. The van der Waals surface area contributed by atoms with Crippen molar-refractivity contribution in [2.45, 2.75) is 51.7 Å². The third-order valence-electron chi connectivity index (χ3n) is 5.14. The fourth-order valence-electron chi connectivity index (χ4n) is 3.52. The molecule has 0 fully saturated rings. The molecule has 1 aliphatic rings. The van der Waals surface area contributed by atoms with E-state index < -0.39 is 0 Å². The van der Waals surface area contributed by atoms with Gasteiger partial charge in [0.25, 0.3) is 5.56 Å². The number of fused-ring (bicyclic) bond motifs is 1. The molecular formula is C21H28N4O2S. The molecule has 150 valence electrons. The van der Waals surface area contributed by atoms with Crippen molar-refractivity contribution in [2.75, 3.05) is 29.1 Å². The Balaban J connectivity index is 1.70. The van der Waals surface area contributed by atoms with E-state index >= 15 is 0 Å². The van der Waals surface area contributed by atoms with Gasteiger partial charge in [0.05, 0.1) is 6.04 Å². The average Bonchev–Trinajstić information content (AvgIpc) is 3.07. The Morgan fingerprint density at radius 3 is 2.68 bits per heavy atom. The molecule has 0 aliphatic carbocycles. The first-order chi connectivity index (χ1) is 13.5. The quantitative estimate of drug-likeness (QED) is 0.719. The molecule has 1 aliphatic heterocycles. The van der Waals surface area contributed by atoms with E-state index in [1.807, 2.05) is 26.0 Å². The summed E-state index contributed by atoms with van der Waals surface area (Å²) in [5.41, 5.74) is 3.75. The predicted octanol–water partition coefficient (Wildman–Crippen LogP) is 3.64. The molecule has 1 N–H and O–H groups in total. The van der Waals surface area contributed by atoms with Crippen LogP contribution in [0.1, 0.15) is 44.5 Å². The van der Waals surface area contributed by atoms with Crippen LogP contribution in [-0.2, 0) is 11.2 Å². The lowest BCUT2D eigenvalue weighted by atomic mass is 10.1. The third kappa shape index (κ3) is 4.24. The standard InChI is InChI=1S/C21H28N4O2S/c1-5-15-11-20(27)25-17(13-28-21(25)22-15)12-19(26)23-18-9-8-16(10-14(18)4)24(6-2)7-3/h8-11,17H,5-7,12-13H2,1-4H3,(H,23,26). The summed E-state index contributed by atoms with van der Waals surface area (Å²) in [6, 6.07) is 7.53. The highest BCUT2D eigenvalue weighted by molar-refractivity contribution is 7.99. The van der Waals surface area contributed by atoms with Gasteiger partial charge in [-0.15, -0.1) is 0 Å². The van der Waals surface area contributed by atoms with Crippen LogP contribution < -0.4 is 15.8 Å². The number of anilines is 2. The van der Waals surface area contributed by atoms with Crippen molar-refractivity contribution < 1.29 is 4.79 Å². The molecule has 7 heteroatoms. The molecule has 0 saturated heterocycles. The van der Waals surface area contributed by atoms with Crippen LogP contribution >= 0.6 is 11.8 Å². The second-order valence-electron chi connectivity index (χ2n) is 6.98. The molecule has 1 aromatic carbocycles. The number of amides is 1. The van der Waals surface area contributed by atoms with Crippen molar-refractivity contribution in [1.82, 2.24) is 9.55 Å². The second kappa shape index (κ2) is 8.82. The maximum Gasteiger partial charge on any atom is 0.254 e. The summed E-state index contributed by atoms with van der Waals surface area (Å²) in [5.74, 6) is 0.617. The van der Waals surface area contributed by atoms with Gasteiger partial charge in [0.1, 0.15) is 0 Å². The summed E-state index contributed by atoms with van der Waals surface area (Å²) in [7, 11) is 0. The Morgan fingerprint density at radius 2 is 2.04 bits per heavy atom. The van der Waals surface area contributed by atoms with Crippen LogP contribution in [-0.4, -0.2) is 34.3 Å². The molecule has 1 unspecified atom stereocenters. The number of hydrogen-bond donors (Lipinski definition) is 1. The zero-order valence-electron chi connectivity index (χ0n) is 17.0. The van der Waals surface area contributed by atoms with Crippen LogP contribution in [0.25, 0.3) is 0 Å². The van der Waals surface area contributed by atoms with Gasteiger partial charge in [-0.1, -0.05) is 18.7 Å². The van der Waals surface area contributed by atoms with E-state index in [2.05, 4.69) is 35.1 Å². The number of aryl methyl sites for hydroxylation is 2. The van der Waals surface area contributed by atoms with Crippen LogP contribution in [0.2, 0.25) is 0 Å². The molecule has 1 amide bonds. The first kappa shape index (κ1) is 20.5.